The Bertz CT molecular complexity index is 907. The number of nitrogens with one attached hydrogen (secondary N) is 1. The van der Waals surface area contributed by atoms with Gasteiger partial charge in [0.05, 0.1) is 5.56 Å². The van der Waals surface area contributed by atoms with Crippen molar-refractivity contribution in [1.29, 1.82) is 0 Å². The SMILES string of the molecule is Cc1cc(NC(=O)C(OC(=O)c2ccc(F)cc2)c2ccccc2)no1. The number of aryl methyl sites for hydroxylation is 1. The van der Waals surface area contributed by atoms with Gasteiger partial charge >= 0.3 is 5.97 Å². The molecule has 0 aliphatic rings. The summed E-state index contributed by atoms with van der Waals surface area (Å²) < 4.78 is 23.3. The van der Waals surface area contributed by atoms with Crippen molar-refractivity contribution in [3.05, 3.63) is 83.4 Å². The Kier molecular flexibility index (Phi) is 5.07. The maximum Gasteiger partial charge on any atom is 0.339 e. The number of carbonyl (C=O) groups excluding carboxylic acids is 2. The van der Waals surface area contributed by atoms with Crippen molar-refractivity contribution in [2.24, 2.45) is 0 Å². The smallest absolute Gasteiger partial charge is 0.339 e. The van der Waals surface area contributed by atoms with Crippen LogP contribution in [0.5, 0.6) is 0 Å². The number of amides is 1. The minimum Gasteiger partial charge on any atom is -0.444 e. The quantitative estimate of drug-likeness (QED) is 0.707. The van der Waals surface area contributed by atoms with Gasteiger partial charge in [-0.25, -0.2) is 9.18 Å². The number of hydrogen-bond acceptors (Lipinski definition) is 5. The topological polar surface area (TPSA) is 81.4 Å². The molecule has 7 heteroatoms. The van der Waals surface area contributed by atoms with Crippen LogP contribution >= 0.6 is 0 Å². The van der Waals surface area contributed by atoms with Crippen LogP contribution in [0.25, 0.3) is 0 Å². The molecule has 1 atom stereocenters. The standard InChI is InChI=1S/C19H15FN2O4/c1-12-11-16(22-26-12)21-18(23)17(13-5-3-2-4-6-13)25-19(24)14-7-9-15(20)10-8-14/h2-11,17H,1H3,(H,21,22,23). The Morgan fingerprint density at radius 3 is 2.42 bits per heavy atom. The first kappa shape index (κ1) is 17.3. The van der Waals surface area contributed by atoms with Gasteiger partial charge in [-0.2, -0.15) is 0 Å². The summed E-state index contributed by atoms with van der Waals surface area (Å²) in [5, 5.41) is 6.24. The van der Waals surface area contributed by atoms with Crippen molar-refractivity contribution in [2.45, 2.75) is 13.0 Å². The Hall–Kier alpha value is -3.48. The fourth-order valence-electron chi connectivity index (χ4n) is 2.28. The third kappa shape index (κ3) is 4.13. The van der Waals surface area contributed by atoms with E-state index in [2.05, 4.69) is 10.5 Å². The average Bonchev–Trinajstić information content (AvgIpc) is 3.05. The highest BCUT2D eigenvalue weighted by molar-refractivity contribution is 5.97. The first-order valence-corrected chi connectivity index (χ1v) is 7.78. The molecule has 1 aromatic heterocycles. The highest BCUT2D eigenvalue weighted by atomic mass is 19.1. The van der Waals surface area contributed by atoms with Crippen molar-refractivity contribution in [3.63, 3.8) is 0 Å². The molecule has 0 spiro atoms. The van der Waals surface area contributed by atoms with Crippen LogP contribution in [0.1, 0.15) is 27.8 Å². The fraction of sp³-hybridized carbons (Fsp3) is 0.105. The third-order valence-corrected chi connectivity index (χ3v) is 3.52. The number of carbonyl (C=O) groups is 2. The van der Waals surface area contributed by atoms with Gasteiger partial charge in [-0.3, -0.25) is 4.79 Å². The summed E-state index contributed by atoms with van der Waals surface area (Å²) in [6.45, 7) is 1.69. The summed E-state index contributed by atoms with van der Waals surface area (Å²) in [6, 6.07) is 15.0. The zero-order valence-electron chi connectivity index (χ0n) is 13.8. The molecule has 132 valence electrons. The summed E-state index contributed by atoms with van der Waals surface area (Å²) in [5.41, 5.74) is 0.623. The monoisotopic (exact) mass is 354 g/mol. The zero-order valence-corrected chi connectivity index (χ0v) is 13.8. The Morgan fingerprint density at radius 2 is 1.81 bits per heavy atom. The molecule has 1 unspecified atom stereocenters. The average molecular weight is 354 g/mol. The molecular formula is C19H15FN2O4. The highest BCUT2D eigenvalue weighted by Crippen LogP contribution is 2.22. The molecule has 3 rings (SSSR count). The summed E-state index contributed by atoms with van der Waals surface area (Å²) >= 11 is 0. The normalized spacial score (nSPS) is 11.6. The molecule has 1 N–H and O–H groups in total. The minimum atomic E-state index is -1.20. The van der Waals surface area contributed by atoms with Crippen LogP contribution in [0.15, 0.2) is 65.2 Å². The number of benzene rings is 2. The number of ether oxygens (including phenoxy) is 1. The summed E-state index contributed by atoms with van der Waals surface area (Å²) in [6.07, 6.45) is -1.20. The van der Waals surface area contributed by atoms with Crippen molar-refractivity contribution >= 4 is 17.7 Å². The van der Waals surface area contributed by atoms with Crippen LogP contribution in [0.3, 0.4) is 0 Å². The second-order valence-electron chi connectivity index (χ2n) is 5.51. The Morgan fingerprint density at radius 1 is 1.12 bits per heavy atom. The van der Waals surface area contributed by atoms with Gasteiger partial charge < -0.3 is 14.6 Å². The second-order valence-corrected chi connectivity index (χ2v) is 5.51. The Balaban J connectivity index is 1.82. The summed E-state index contributed by atoms with van der Waals surface area (Å²) in [4.78, 5) is 25.0. The lowest BCUT2D eigenvalue weighted by Gasteiger charge is -2.17. The van der Waals surface area contributed by atoms with E-state index < -0.39 is 23.8 Å². The number of hydrogen-bond donors (Lipinski definition) is 1. The molecule has 0 saturated carbocycles. The Labute approximate surface area is 148 Å². The van der Waals surface area contributed by atoms with Gasteiger partial charge in [-0.05, 0) is 31.2 Å². The van der Waals surface area contributed by atoms with Gasteiger partial charge in [0.2, 0.25) is 6.10 Å². The molecule has 0 aliphatic heterocycles. The number of rotatable bonds is 5. The van der Waals surface area contributed by atoms with Crippen molar-refractivity contribution in [2.75, 3.05) is 5.32 Å². The van der Waals surface area contributed by atoms with E-state index in [4.69, 9.17) is 9.26 Å². The van der Waals surface area contributed by atoms with E-state index in [0.717, 1.165) is 12.1 Å². The van der Waals surface area contributed by atoms with Crippen molar-refractivity contribution in [3.8, 4) is 0 Å². The maximum absolute atomic E-state index is 13.0. The fourth-order valence-corrected chi connectivity index (χ4v) is 2.28. The number of halogens is 1. The van der Waals surface area contributed by atoms with Crippen LogP contribution < -0.4 is 5.32 Å². The molecule has 0 radical (unpaired) electrons. The number of aromatic nitrogens is 1. The molecule has 0 bridgehead atoms. The van der Waals surface area contributed by atoms with Gasteiger partial charge in [0.25, 0.3) is 5.91 Å². The lowest BCUT2D eigenvalue weighted by Crippen LogP contribution is -2.26. The van der Waals surface area contributed by atoms with E-state index in [1.165, 1.54) is 12.1 Å². The molecular weight excluding hydrogens is 339 g/mol. The van der Waals surface area contributed by atoms with E-state index >= 15 is 0 Å². The molecule has 0 saturated heterocycles. The molecule has 26 heavy (non-hydrogen) atoms. The molecule has 6 nitrogen and oxygen atoms in total. The molecule has 0 fully saturated rings. The largest absolute Gasteiger partial charge is 0.444 e. The third-order valence-electron chi connectivity index (χ3n) is 3.52. The van der Waals surface area contributed by atoms with Gasteiger partial charge in [-0.15, -0.1) is 0 Å². The van der Waals surface area contributed by atoms with Gasteiger partial charge in [0.15, 0.2) is 5.82 Å². The predicted molar refractivity (Wildman–Crippen MR) is 90.9 cm³/mol. The van der Waals surface area contributed by atoms with Gasteiger partial charge in [0, 0.05) is 11.6 Å². The second kappa shape index (κ2) is 7.60. The molecule has 0 aliphatic carbocycles. The molecule has 1 amide bonds. The summed E-state index contributed by atoms with van der Waals surface area (Å²) in [7, 11) is 0. The van der Waals surface area contributed by atoms with Crippen LogP contribution in [-0.2, 0) is 9.53 Å². The highest BCUT2D eigenvalue weighted by Gasteiger charge is 2.26. The number of nitrogens with zero attached hydrogens (tertiary/aromatic N) is 1. The minimum absolute atomic E-state index is 0.136. The van der Waals surface area contributed by atoms with Crippen molar-refractivity contribution < 1.29 is 23.2 Å². The lowest BCUT2D eigenvalue weighted by atomic mass is 10.1. The first-order chi connectivity index (χ1) is 12.5. The summed E-state index contributed by atoms with van der Waals surface area (Å²) in [5.74, 6) is -1.06. The van der Waals surface area contributed by atoms with Crippen LogP contribution in [0.2, 0.25) is 0 Å². The molecule has 1 heterocycles. The van der Waals surface area contributed by atoms with E-state index in [0.29, 0.717) is 11.3 Å². The van der Waals surface area contributed by atoms with Crippen LogP contribution in [-0.4, -0.2) is 17.0 Å². The van der Waals surface area contributed by atoms with E-state index in [-0.39, 0.29) is 11.4 Å². The maximum atomic E-state index is 13.0. The van der Waals surface area contributed by atoms with Gasteiger partial charge in [-0.1, -0.05) is 35.5 Å². The van der Waals surface area contributed by atoms with E-state index in [9.17, 15) is 14.0 Å². The van der Waals surface area contributed by atoms with E-state index in [1.807, 2.05) is 0 Å². The molecule has 3 aromatic rings. The lowest BCUT2D eigenvalue weighted by molar-refractivity contribution is -0.125. The number of esters is 1. The van der Waals surface area contributed by atoms with Crippen molar-refractivity contribution in [1.82, 2.24) is 5.16 Å². The first-order valence-electron chi connectivity index (χ1n) is 7.78. The van der Waals surface area contributed by atoms with E-state index in [1.54, 1.807) is 43.3 Å². The van der Waals surface area contributed by atoms with Crippen LogP contribution in [0.4, 0.5) is 10.2 Å². The molecule has 2 aromatic carbocycles. The van der Waals surface area contributed by atoms with Crippen LogP contribution in [0, 0.1) is 12.7 Å². The zero-order chi connectivity index (χ0) is 18.5. The predicted octanol–water partition coefficient (Wildman–Crippen LogP) is 3.66. The van der Waals surface area contributed by atoms with Gasteiger partial charge in [0.1, 0.15) is 11.6 Å². The number of anilines is 1.